The topological polar surface area (TPSA) is 140 Å². The summed E-state index contributed by atoms with van der Waals surface area (Å²) in [5.41, 5.74) is 7.80. The van der Waals surface area contributed by atoms with Crippen LogP contribution < -0.4 is 16.1 Å². The molecule has 0 aromatic heterocycles. The number of urea groups is 1. The third kappa shape index (κ3) is 4.91. The molecule has 1 aromatic rings. The number of amides is 2. The number of nitrogens with zero attached hydrogens (tertiary/aromatic N) is 3. The minimum absolute atomic E-state index is 0.0670. The van der Waals surface area contributed by atoms with Crippen molar-refractivity contribution >= 4 is 29.6 Å². The number of esters is 1. The Hall–Kier alpha value is -3.17. The number of rotatable bonds is 6. The van der Waals surface area contributed by atoms with Gasteiger partial charge in [0.25, 0.3) is 5.69 Å². The Balaban J connectivity index is 2.12. The number of hydrazone groups is 1. The summed E-state index contributed by atoms with van der Waals surface area (Å²) in [5, 5.41) is 15.0. The average molecular weight is 363 g/mol. The average Bonchev–Trinajstić information content (AvgIpc) is 2.61. The molecule has 0 atom stereocenters. The Morgan fingerprint density at radius 2 is 2.15 bits per heavy atom. The number of hydrogen-bond acceptors (Lipinski definition) is 7. The largest absolute Gasteiger partial charge is 0.466 e. The second kappa shape index (κ2) is 8.79. The van der Waals surface area contributed by atoms with Crippen molar-refractivity contribution in [2.75, 3.05) is 24.6 Å². The SMILES string of the molecule is CCOC(=O)C1CCN(c2ccc(C=NNC(N)=O)cc2[N+](=O)[O-])CC1. The zero-order chi connectivity index (χ0) is 19.1. The van der Waals surface area contributed by atoms with Gasteiger partial charge in [-0.3, -0.25) is 14.9 Å². The molecule has 2 amide bonds. The summed E-state index contributed by atoms with van der Waals surface area (Å²) >= 11 is 0. The molecule has 3 N–H and O–H groups in total. The van der Waals surface area contributed by atoms with Gasteiger partial charge in [-0.05, 0) is 25.8 Å². The van der Waals surface area contributed by atoms with E-state index in [4.69, 9.17) is 10.5 Å². The summed E-state index contributed by atoms with van der Waals surface area (Å²) in [4.78, 5) is 35.2. The highest BCUT2D eigenvalue weighted by molar-refractivity contribution is 5.84. The van der Waals surface area contributed by atoms with Crippen molar-refractivity contribution in [3.8, 4) is 0 Å². The van der Waals surface area contributed by atoms with Gasteiger partial charge in [0, 0.05) is 24.7 Å². The summed E-state index contributed by atoms with van der Waals surface area (Å²) < 4.78 is 5.04. The van der Waals surface area contributed by atoms with Crippen LogP contribution in [-0.4, -0.2) is 42.8 Å². The molecule has 0 aliphatic carbocycles. The van der Waals surface area contributed by atoms with Crippen molar-refractivity contribution in [1.82, 2.24) is 5.43 Å². The molecule has 0 spiro atoms. The Morgan fingerprint density at radius 1 is 1.46 bits per heavy atom. The number of carbonyl (C=O) groups is 2. The van der Waals surface area contributed by atoms with Crippen molar-refractivity contribution in [1.29, 1.82) is 0 Å². The van der Waals surface area contributed by atoms with Gasteiger partial charge in [0.1, 0.15) is 5.69 Å². The van der Waals surface area contributed by atoms with Gasteiger partial charge < -0.3 is 15.4 Å². The van der Waals surface area contributed by atoms with Crippen molar-refractivity contribution in [3.63, 3.8) is 0 Å². The van der Waals surface area contributed by atoms with E-state index >= 15 is 0 Å². The smallest absolute Gasteiger partial charge is 0.332 e. The molecule has 10 heteroatoms. The van der Waals surface area contributed by atoms with Crippen LogP contribution in [0.4, 0.5) is 16.2 Å². The highest BCUT2D eigenvalue weighted by atomic mass is 16.6. The van der Waals surface area contributed by atoms with E-state index < -0.39 is 11.0 Å². The summed E-state index contributed by atoms with van der Waals surface area (Å²) in [6, 6.07) is 3.84. The fourth-order valence-corrected chi connectivity index (χ4v) is 2.82. The number of hydrogen-bond donors (Lipinski definition) is 2. The van der Waals surface area contributed by atoms with Crippen LogP contribution in [0.2, 0.25) is 0 Å². The molecular formula is C16H21N5O5. The summed E-state index contributed by atoms with van der Waals surface area (Å²) in [7, 11) is 0. The number of nitro groups is 1. The van der Waals surface area contributed by atoms with E-state index in [2.05, 4.69) is 5.10 Å². The highest BCUT2D eigenvalue weighted by Gasteiger charge is 2.29. The lowest BCUT2D eigenvalue weighted by Gasteiger charge is -2.32. The molecule has 26 heavy (non-hydrogen) atoms. The number of benzene rings is 1. The van der Waals surface area contributed by atoms with Gasteiger partial charge in [0.15, 0.2) is 0 Å². The van der Waals surface area contributed by atoms with Gasteiger partial charge in [-0.15, -0.1) is 0 Å². The maximum absolute atomic E-state index is 11.8. The highest BCUT2D eigenvalue weighted by Crippen LogP contribution is 2.32. The first-order chi connectivity index (χ1) is 12.4. The minimum Gasteiger partial charge on any atom is -0.466 e. The number of primary amides is 1. The molecular weight excluding hydrogens is 342 g/mol. The quantitative estimate of drug-likeness (QED) is 0.338. The molecule has 1 fully saturated rings. The predicted octanol–water partition coefficient (Wildman–Crippen LogP) is 1.38. The number of nitrogens with two attached hydrogens (primary N) is 1. The second-order valence-corrected chi connectivity index (χ2v) is 5.75. The number of nitrogens with one attached hydrogen (secondary N) is 1. The van der Waals surface area contributed by atoms with Crippen LogP contribution in [0.15, 0.2) is 23.3 Å². The van der Waals surface area contributed by atoms with E-state index in [1.54, 1.807) is 19.1 Å². The first-order valence-corrected chi connectivity index (χ1v) is 8.21. The first kappa shape index (κ1) is 19.2. The minimum atomic E-state index is -0.822. The predicted molar refractivity (Wildman–Crippen MR) is 95.0 cm³/mol. The fraction of sp³-hybridized carbons (Fsp3) is 0.438. The van der Waals surface area contributed by atoms with Crippen LogP contribution >= 0.6 is 0 Å². The van der Waals surface area contributed by atoms with E-state index in [0.29, 0.717) is 43.8 Å². The van der Waals surface area contributed by atoms with E-state index in [-0.39, 0.29) is 17.6 Å². The van der Waals surface area contributed by atoms with Gasteiger partial charge in [-0.1, -0.05) is 6.07 Å². The van der Waals surface area contributed by atoms with Crippen LogP contribution in [0, 0.1) is 16.0 Å². The maximum Gasteiger partial charge on any atom is 0.332 e. The van der Waals surface area contributed by atoms with Gasteiger partial charge >= 0.3 is 12.0 Å². The zero-order valence-electron chi connectivity index (χ0n) is 14.4. The summed E-state index contributed by atoms with van der Waals surface area (Å²) in [5.74, 6) is -0.383. The van der Waals surface area contributed by atoms with Crippen LogP contribution in [0.3, 0.4) is 0 Å². The Labute approximate surface area is 150 Å². The van der Waals surface area contributed by atoms with Crippen molar-refractivity contribution in [2.45, 2.75) is 19.8 Å². The normalized spacial score (nSPS) is 15.0. The lowest BCUT2D eigenvalue weighted by atomic mass is 9.96. The molecule has 2 rings (SSSR count). The van der Waals surface area contributed by atoms with Crippen LogP contribution in [0.5, 0.6) is 0 Å². The number of ether oxygens (including phenoxy) is 1. The molecule has 140 valence electrons. The van der Waals surface area contributed by atoms with Crippen molar-refractivity contribution in [3.05, 3.63) is 33.9 Å². The van der Waals surface area contributed by atoms with Crippen molar-refractivity contribution in [2.24, 2.45) is 16.8 Å². The molecule has 0 bridgehead atoms. The molecule has 1 aliphatic rings. The number of piperidine rings is 1. The van der Waals surface area contributed by atoms with Crippen LogP contribution in [0.25, 0.3) is 0 Å². The summed E-state index contributed by atoms with van der Waals surface area (Å²) in [6.45, 7) is 3.17. The molecule has 1 aromatic carbocycles. The molecule has 0 saturated carbocycles. The lowest BCUT2D eigenvalue weighted by molar-refractivity contribution is -0.384. The number of carbonyl (C=O) groups excluding carboxylic acids is 2. The third-order valence-electron chi connectivity index (χ3n) is 4.04. The summed E-state index contributed by atoms with van der Waals surface area (Å²) in [6.07, 6.45) is 2.44. The Kier molecular flexibility index (Phi) is 6.48. The van der Waals surface area contributed by atoms with Crippen molar-refractivity contribution < 1.29 is 19.2 Å². The van der Waals surface area contributed by atoms with Gasteiger partial charge in [0.05, 0.1) is 23.7 Å². The lowest BCUT2D eigenvalue weighted by Crippen LogP contribution is -2.37. The van der Waals surface area contributed by atoms with Gasteiger partial charge in [-0.2, -0.15) is 5.10 Å². The van der Waals surface area contributed by atoms with E-state index in [9.17, 15) is 19.7 Å². The second-order valence-electron chi connectivity index (χ2n) is 5.75. The Morgan fingerprint density at radius 3 is 2.73 bits per heavy atom. The molecule has 1 aliphatic heterocycles. The maximum atomic E-state index is 11.8. The Bertz CT molecular complexity index is 713. The van der Waals surface area contributed by atoms with Gasteiger partial charge in [-0.25, -0.2) is 10.2 Å². The zero-order valence-corrected chi connectivity index (χ0v) is 14.4. The standard InChI is InChI=1S/C16H21N5O5/c1-2-26-15(22)12-5-7-20(8-6-12)13-4-3-11(9-14(13)21(24)25)10-18-19-16(17)23/h3-4,9-10,12H,2,5-8H2,1H3,(H3,17,19,23). The molecule has 1 heterocycles. The van der Waals surface area contributed by atoms with E-state index in [1.807, 2.05) is 10.3 Å². The fourth-order valence-electron chi connectivity index (χ4n) is 2.82. The van der Waals surface area contributed by atoms with Gasteiger partial charge in [0.2, 0.25) is 0 Å². The number of nitro benzene ring substituents is 1. The first-order valence-electron chi connectivity index (χ1n) is 8.21. The molecule has 0 unspecified atom stereocenters. The number of anilines is 1. The molecule has 0 radical (unpaired) electrons. The van der Waals surface area contributed by atoms with Crippen LogP contribution in [0.1, 0.15) is 25.3 Å². The van der Waals surface area contributed by atoms with E-state index in [0.717, 1.165) is 0 Å². The van der Waals surface area contributed by atoms with E-state index in [1.165, 1.54) is 12.3 Å². The third-order valence-corrected chi connectivity index (χ3v) is 4.04. The molecule has 10 nitrogen and oxygen atoms in total. The molecule has 1 saturated heterocycles. The van der Waals surface area contributed by atoms with Crippen LogP contribution in [-0.2, 0) is 9.53 Å². The monoisotopic (exact) mass is 363 g/mol.